The van der Waals surface area contributed by atoms with Gasteiger partial charge in [0, 0.05) is 25.6 Å². The summed E-state index contributed by atoms with van der Waals surface area (Å²) in [6.07, 6.45) is 0. The van der Waals surface area contributed by atoms with Crippen LogP contribution in [0.1, 0.15) is 17.0 Å². The van der Waals surface area contributed by atoms with Gasteiger partial charge in [0.2, 0.25) is 5.91 Å². The van der Waals surface area contributed by atoms with Crippen molar-refractivity contribution >= 4 is 29.1 Å². The molecule has 0 unspecified atom stereocenters. The van der Waals surface area contributed by atoms with Crippen LogP contribution in [0.25, 0.3) is 0 Å². The van der Waals surface area contributed by atoms with Gasteiger partial charge in [-0.25, -0.2) is 0 Å². The SMILES string of the molecule is O=C(NCc1ccccc1)[C@@H]1CNC[C@H]1c1ccc(Cl)c(Cl)c1. The molecule has 3 rings (SSSR count). The van der Waals surface area contributed by atoms with E-state index in [9.17, 15) is 4.79 Å². The highest BCUT2D eigenvalue weighted by molar-refractivity contribution is 6.42. The van der Waals surface area contributed by atoms with Gasteiger partial charge in [-0.05, 0) is 23.3 Å². The summed E-state index contributed by atoms with van der Waals surface area (Å²) in [6, 6.07) is 15.5. The van der Waals surface area contributed by atoms with E-state index >= 15 is 0 Å². The minimum absolute atomic E-state index is 0.0647. The Kier molecular flexibility index (Phi) is 5.21. The molecule has 2 N–H and O–H groups in total. The molecule has 0 aliphatic carbocycles. The fourth-order valence-corrected chi connectivity index (χ4v) is 3.27. The van der Waals surface area contributed by atoms with E-state index in [1.165, 1.54) is 0 Å². The third-order valence-corrected chi connectivity index (χ3v) is 4.97. The maximum Gasteiger partial charge on any atom is 0.225 e. The van der Waals surface area contributed by atoms with Crippen molar-refractivity contribution in [1.82, 2.24) is 10.6 Å². The fourth-order valence-electron chi connectivity index (χ4n) is 2.96. The molecule has 120 valence electrons. The third-order valence-electron chi connectivity index (χ3n) is 4.23. The Hall–Kier alpha value is -1.55. The molecule has 2 aromatic carbocycles. The zero-order valence-corrected chi connectivity index (χ0v) is 14.1. The van der Waals surface area contributed by atoms with E-state index < -0.39 is 0 Å². The standard InChI is InChI=1S/C18H18Cl2N2O/c19-16-7-6-13(8-17(16)20)14-10-21-11-15(14)18(23)22-9-12-4-2-1-3-5-12/h1-8,14-15,21H,9-11H2,(H,22,23)/t14-,15+/m0/s1. The number of amides is 1. The van der Waals surface area contributed by atoms with Crippen molar-refractivity contribution in [2.24, 2.45) is 5.92 Å². The van der Waals surface area contributed by atoms with Gasteiger partial charge in [0.25, 0.3) is 0 Å². The van der Waals surface area contributed by atoms with Crippen LogP contribution >= 0.6 is 23.2 Å². The van der Waals surface area contributed by atoms with Crippen molar-refractivity contribution in [3.8, 4) is 0 Å². The molecule has 1 amide bonds. The van der Waals surface area contributed by atoms with Crippen LogP contribution in [0.15, 0.2) is 48.5 Å². The van der Waals surface area contributed by atoms with Crippen molar-refractivity contribution in [3.05, 3.63) is 69.7 Å². The molecular formula is C18H18Cl2N2O. The van der Waals surface area contributed by atoms with Crippen LogP contribution in [-0.2, 0) is 11.3 Å². The number of benzene rings is 2. The first-order valence-corrected chi connectivity index (χ1v) is 8.38. The monoisotopic (exact) mass is 348 g/mol. The molecule has 1 aliphatic heterocycles. The molecule has 0 spiro atoms. The van der Waals surface area contributed by atoms with Gasteiger partial charge in [-0.1, -0.05) is 59.6 Å². The second-order valence-electron chi connectivity index (χ2n) is 5.75. The molecule has 2 aromatic rings. The normalized spacial score (nSPS) is 20.4. The lowest BCUT2D eigenvalue weighted by Gasteiger charge is -2.19. The number of hydrogen-bond acceptors (Lipinski definition) is 2. The van der Waals surface area contributed by atoms with Crippen LogP contribution in [0.4, 0.5) is 0 Å². The highest BCUT2D eigenvalue weighted by Gasteiger charge is 2.34. The Morgan fingerprint density at radius 1 is 1.09 bits per heavy atom. The van der Waals surface area contributed by atoms with Gasteiger partial charge in [0.1, 0.15) is 0 Å². The van der Waals surface area contributed by atoms with E-state index in [1.807, 2.05) is 42.5 Å². The Morgan fingerprint density at radius 2 is 1.87 bits per heavy atom. The topological polar surface area (TPSA) is 41.1 Å². The second kappa shape index (κ2) is 7.35. The molecule has 0 saturated carbocycles. The third kappa shape index (κ3) is 3.86. The summed E-state index contributed by atoms with van der Waals surface area (Å²) in [7, 11) is 0. The Morgan fingerprint density at radius 3 is 2.61 bits per heavy atom. The summed E-state index contributed by atoms with van der Waals surface area (Å²) in [4.78, 5) is 12.5. The molecule has 0 aromatic heterocycles. The van der Waals surface area contributed by atoms with E-state index in [0.29, 0.717) is 23.1 Å². The van der Waals surface area contributed by atoms with Crippen molar-refractivity contribution in [3.63, 3.8) is 0 Å². The number of carbonyl (C=O) groups is 1. The van der Waals surface area contributed by atoms with E-state index in [4.69, 9.17) is 23.2 Å². The van der Waals surface area contributed by atoms with Crippen molar-refractivity contribution in [1.29, 1.82) is 0 Å². The van der Waals surface area contributed by atoms with Crippen molar-refractivity contribution in [2.45, 2.75) is 12.5 Å². The van der Waals surface area contributed by atoms with Gasteiger partial charge in [-0.2, -0.15) is 0 Å². The Labute approximate surface area is 146 Å². The van der Waals surface area contributed by atoms with Crippen molar-refractivity contribution < 1.29 is 4.79 Å². The number of hydrogen-bond donors (Lipinski definition) is 2. The Bertz CT molecular complexity index is 691. The smallest absolute Gasteiger partial charge is 0.225 e. The quantitative estimate of drug-likeness (QED) is 0.885. The molecule has 1 saturated heterocycles. The summed E-state index contributed by atoms with van der Waals surface area (Å²) < 4.78 is 0. The van der Waals surface area contributed by atoms with Crippen LogP contribution in [0.3, 0.4) is 0 Å². The van der Waals surface area contributed by atoms with Crippen LogP contribution in [0, 0.1) is 5.92 Å². The number of carbonyl (C=O) groups excluding carboxylic acids is 1. The van der Waals surface area contributed by atoms with Crippen LogP contribution in [-0.4, -0.2) is 19.0 Å². The van der Waals surface area contributed by atoms with Gasteiger partial charge in [-0.15, -0.1) is 0 Å². The molecule has 0 bridgehead atoms. The highest BCUT2D eigenvalue weighted by Crippen LogP contribution is 2.32. The van der Waals surface area contributed by atoms with Gasteiger partial charge >= 0.3 is 0 Å². The molecule has 5 heteroatoms. The van der Waals surface area contributed by atoms with Gasteiger partial charge in [0.05, 0.1) is 16.0 Å². The predicted molar refractivity (Wildman–Crippen MR) is 93.9 cm³/mol. The van der Waals surface area contributed by atoms with Gasteiger partial charge < -0.3 is 10.6 Å². The summed E-state index contributed by atoms with van der Waals surface area (Å²) in [6.45, 7) is 1.98. The second-order valence-corrected chi connectivity index (χ2v) is 6.56. The summed E-state index contributed by atoms with van der Waals surface area (Å²) >= 11 is 12.1. The number of nitrogens with one attached hydrogen (secondary N) is 2. The minimum atomic E-state index is -0.101. The molecule has 23 heavy (non-hydrogen) atoms. The van der Waals surface area contributed by atoms with Gasteiger partial charge in [-0.3, -0.25) is 4.79 Å². The van der Waals surface area contributed by atoms with Crippen LogP contribution in [0.5, 0.6) is 0 Å². The maximum absolute atomic E-state index is 12.5. The highest BCUT2D eigenvalue weighted by atomic mass is 35.5. The summed E-state index contributed by atoms with van der Waals surface area (Å²) in [5.74, 6) is 0.0754. The molecule has 1 heterocycles. The summed E-state index contributed by atoms with van der Waals surface area (Å²) in [5.41, 5.74) is 2.14. The largest absolute Gasteiger partial charge is 0.352 e. The van der Waals surface area contributed by atoms with Gasteiger partial charge in [0.15, 0.2) is 0 Å². The first kappa shape index (κ1) is 16.3. The lowest BCUT2D eigenvalue weighted by atomic mass is 9.88. The van der Waals surface area contributed by atoms with E-state index in [2.05, 4.69) is 10.6 Å². The first-order chi connectivity index (χ1) is 11.1. The minimum Gasteiger partial charge on any atom is -0.352 e. The van der Waals surface area contributed by atoms with Crippen LogP contribution < -0.4 is 10.6 Å². The predicted octanol–water partition coefficient (Wildman–Crippen LogP) is 3.61. The molecular weight excluding hydrogens is 331 g/mol. The molecule has 2 atom stereocenters. The molecule has 1 fully saturated rings. The zero-order chi connectivity index (χ0) is 16.2. The van der Waals surface area contributed by atoms with E-state index in [0.717, 1.165) is 17.7 Å². The zero-order valence-electron chi connectivity index (χ0n) is 12.6. The van der Waals surface area contributed by atoms with E-state index in [-0.39, 0.29) is 17.7 Å². The molecule has 1 aliphatic rings. The molecule has 3 nitrogen and oxygen atoms in total. The molecule has 0 radical (unpaired) electrons. The fraction of sp³-hybridized carbons (Fsp3) is 0.278. The number of rotatable bonds is 4. The lowest BCUT2D eigenvalue weighted by molar-refractivity contribution is -0.125. The van der Waals surface area contributed by atoms with E-state index in [1.54, 1.807) is 6.07 Å². The average Bonchev–Trinajstić information content (AvgIpc) is 3.06. The van der Waals surface area contributed by atoms with Crippen molar-refractivity contribution in [2.75, 3.05) is 13.1 Å². The number of halogens is 2. The maximum atomic E-state index is 12.5. The summed E-state index contributed by atoms with van der Waals surface area (Å²) in [5, 5.41) is 7.39. The average molecular weight is 349 g/mol. The lowest BCUT2D eigenvalue weighted by Crippen LogP contribution is -2.34. The first-order valence-electron chi connectivity index (χ1n) is 7.62. The Balaban J connectivity index is 1.68. The van der Waals surface area contributed by atoms with Crippen LogP contribution in [0.2, 0.25) is 10.0 Å².